The monoisotopic (exact) mass is 278 g/mol. The highest BCUT2D eigenvalue weighted by atomic mass is 16.6. The minimum atomic E-state index is -0.755. The second-order valence-corrected chi connectivity index (χ2v) is 6.01. The summed E-state index contributed by atoms with van der Waals surface area (Å²) in [5, 5.41) is 24.8. The lowest BCUT2D eigenvalue weighted by atomic mass is 9.79. The SMILES string of the molecule is Cc1cccc(NCC2(O)CCCC(C)C2)c1[N+](=O)[O-]. The van der Waals surface area contributed by atoms with Gasteiger partial charge in [-0.1, -0.05) is 31.9 Å². The summed E-state index contributed by atoms with van der Waals surface area (Å²) in [5.41, 5.74) is 0.459. The zero-order valence-electron chi connectivity index (χ0n) is 12.1. The van der Waals surface area contributed by atoms with Crippen molar-refractivity contribution in [3.8, 4) is 0 Å². The van der Waals surface area contributed by atoms with Gasteiger partial charge in [-0.2, -0.15) is 0 Å². The van der Waals surface area contributed by atoms with Gasteiger partial charge in [-0.25, -0.2) is 0 Å². The van der Waals surface area contributed by atoms with Gasteiger partial charge in [0, 0.05) is 12.1 Å². The minimum absolute atomic E-state index is 0.0972. The third kappa shape index (κ3) is 3.28. The number of benzene rings is 1. The van der Waals surface area contributed by atoms with Crippen LogP contribution in [0.4, 0.5) is 11.4 Å². The highest BCUT2D eigenvalue weighted by molar-refractivity contribution is 5.65. The lowest BCUT2D eigenvalue weighted by Gasteiger charge is -2.35. The van der Waals surface area contributed by atoms with Crippen LogP contribution in [0.1, 0.15) is 38.2 Å². The molecular formula is C15H22N2O3. The molecule has 1 aliphatic rings. The molecule has 5 heteroatoms. The van der Waals surface area contributed by atoms with Crippen LogP contribution in [-0.4, -0.2) is 22.2 Å². The van der Waals surface area contributed by atoms with E-state index in [2.05, 4.69) is 12.2 Å². The van der Waals surface area contributed by atoms with Gasteiger partial charge in [-0.05, 0) is 31.7 Å². The van der Waals surface area contributed by atoms with Gasteiger partial charge in [0.05, 0.1) is 10.5 Å². The molecule has 5 nitrogen and oxygen atoms in total. The smallest absolute Gasteiger partial charge is 0.295 e. The molecule has 0 spiro atoms. The number of nitrogens with zero attached hydrogens (tertiary/aromatic N) is 1. The molecule has 1 fully saturated rings. The molecule has 2 N–H and O–H groups in total. The summed E-state index contributed by atoms with van der Waals surface area (Å²) in [5.74, 6) is 0.503. The van der Waals surface area contributed by atoms with Crippen molar-refractivity contribution in [2.45, 2.75) is 45.1 Å². The third-order valence-corrected chi connectivity index (χ3v) is 4.10. The Labute approximate surface area is 119 Å². The van der Waals surface area contributed by atoms with Crippen molar-refractivity contribution in [3.63, 3.8) is 0 Å². The molecule has 0 heterocycles. The van der Waals surface area contributed by atoms with E-state index in [0.717, 1.165) is 25.7 Å². The topological polar surface area (TPSA) is 75.4 Å². The van der Waals surface area contributed by atoms with E-state index >= 15 is 0 Å². The minimum Gasteiger partial charge on any atom is -0.388 e. The van der Waals surface area contributed by atoms with Crippen molar-refractivity contribution >= 4 is 11.4 Å². The van der Waals surface area contributed by atoms with Crippen LogP contribution in [0.5, 0.6) is 0 Å². The number of hydrogen-bond donors (Lipinski definition) is 2. The molecule has 0 aromatic heterocycles. The van der Waals surface area contributed by atoms with Crippen molar-refractivity contribution in [2.24, 2.45) is 5.92 Å². The van der Waals surface area contributed by atoms with E-state index in [-0.39, 0.29) is 10.6 Å². The Kier molecular flexibility index (Phi) is 4.28. The van der Waals surface area contributed by atoms with E-state index in [4.69, 9.17) is 0 Å². The largest absolute Gasteiger partial charge is 0.388 e. The van der Waals surface area contributed by atoms with E-state index in [9.17, 15) is 15.2 Å². The third-order valence-electron chi connectivity index (χ3n) is 4.10. The Bertz CT molecular complexity index is 504. The van der Waals surface area contributed by atoms with Crippen molar-refractivity contribution in [3.05, 3.63) is 33.9 Å². The first kappa shape index (κ1) is 14.8. The quantitative estimate of drug-likeness (QED) is 0.654. The van der Waals surface area contributed by atoms with Crippen molar-refractivity contribution in [1.82, 2.24) is 0 Å². The van der Waals surface area contributed by atoms with Crippen molar-refractivity contribution < 1.29 is 10.0 Å². The van der Waals surface area contributed by atoms with Gasteiger partial charge in [-0.3, -0.25) is 10.1 Å². The molecule has 1 aliphatic carbocycles. The second-order valence-electron chi connectivity index (χ2n) is 6.01. The van der Waals surface area contributed by atoms with E-state index in [0.29, 0.717) is 23.7 Å². The number of nitrogens with one attached hydrogen (secondary N) is 1. The number of aliphatic hydroxyl groups is 1. The fraction of sp³-hybridized carbons (Fsp3) is 0.600. The van der Waals surface area contributed by atoms with Crippen molar-refractivity contribution in [2.75, 3.05) is 11.9 Å². The first-order valence-corrected chi connectivity index (χ1v) is 7.11. The predicted octanol–water partition coefficient (Wildman–Crippen LogP) is 3.26. The van der Waals surface area contributed by atoms with Gasteiger partial charge in [0.15, 0.2) is 0 Å². The predicted molar refractivity (Wildman–Crippen MR) is 78.9 cm³/mol. The van der Waals surface area contributed by atoms with Crippen LogP contribution in [0.25, 0.3) is 0 Å². The molecule has 0 aliphatic heterocycles. The summed E-state index contributed by atoms with van der Waals surface area (Å²) >= 11 is 0. The standard InChI is InChI=1S/C15H22N2O3/c1-11-5-4-8-15(18,9-11)10-16-13-7-3-6-12(2)14(13)17(19)20/h3,6-7,11,16,18H,4-5,8-10H2,1-2H3. The Balaban J connectivity index is 2.11. The molecule has 0 bridgehead atoms. The normalized spacial score (nSPS) is 26.2. The number of nitro benzene ring substituents is 1. The molecule has 2 atom stereocenters. The summed E-state index contributed by atoms with van der Waals surface area (Å²) in [7, 11) is 0. The van der Waals surface area contributed by atoms with Crippen LogP contribution in [0.2, 0.25) is 0 Å². The first-order valence-electron chi connectivity index (χ1n) is 7.11. The maximum atomic E-state index is 11.1. The summed E-state index contributed by atoms with van der Waals surface area (Å²) in [6.45, 7) is 4.22. The molecule has 110 valence electrons. The van der Waals surface area contributed by atoms with E-state index in [1.54, 1.807) is 25.1 Å². The van der Waals surface area contributed by atoms with Gasteiger partial charge >= 0.3 is 0 Å². The number of aryl methyl sites for hydroxylation is 1. The number of anilines is 1. The molecule has 2 unspecified atom stereocenters. The molecule has 0 radical (unpaired) electrons. The zero-order chi connectivity index (χ0) is 14.8. The summed E-state index contributed by atoms with van der Waals surface area (Å²) < 4.78 is 0. The summed E-state index contributed by atoms with van der Waals surface area (Å²) in [4.78, 5) is 10.8. The number of para-hydroxylation sites is 1. The first-order chi connectivity index (χ1) is 9.41. The van der Waals surface area contributed by atoms with Gasteiger partial charge < -0.3 is 10.4 Å². The number of rotatable bonds is 4. The lowest BCUT2D eigenvalue weighted by Crippen LogP contribution is -2.41. The van der Waals surface area contributed by atoms with Crippen LogP contribution in [0.15, 0.2) is 18.2 Å². The Morgan fingerprint density at radius 2 is 2.30 bits per heavy atom. The molecule has 20 heavy (non-hydrogen) atoms. The Morgan fingerprint density at radius 1 is 1.55 bits per heavy atom. The summed E-state index contributed by atoms with van der Waals surface area (Å²) in [6, 6.07) is 5.21. The molecule has 1 aromatic carbocycles. The molecule has 0 saturated heterocycles. The molecular weight excluding hydrogens is 256 g/mol. The Morgan fingerprint density at radius 3 is 2.95 bits per heavy atom. The lowest BCUT2D eigenvalue weighted by molar-refractivity contribution is -0.384. The van der Waals surface area contributed by atoms with Crippen LogP contribution >= 0.6 is 0 Å². The molecule has 2 rings (SSSR count). The highest BCUT2D eigenvalue weighted by Crippen LogP contribution is 2.34. The molecule has 1 saturated carbocycles. The fourth-order valence-electron chi connectivity index (χ4n) is 3.10. The second kappa shape index (κ2) is 5.79. The van der Waals surface area contributed by atoms with Crippen LogP contribution in [0, 0.1) is 23.0 Å². The fourth-order valence-corrected chi connectivity index (χ4v) is 3.10. The molecule has 1 aromatic rings. The average Bonchev–Trinajstić information content (AvgIpc) is 2.35. The maximum Gasteiger partial charge on any atom is 0.295 e. The van der Waals surface area contributed by atoms with Gasteiger partial charge in [0.2, 0.25) is 0 Å². The number of hydrogen-bond acceptors (Lipinski definition) is 4. The van der Waals surface area contributed by atoms with Crippen LogP contribution in [-0.2, 0) is 0 Å². The van der Waals surface area contributed by atoms with Crippen LogP contribution in [0.3, 0.4) is 0 Å². The number of nitro groups is 1. The Hall–Kier alpha value is -1.62. The van der Waals surface area contributed by atoms with Gasteiger partial charge in [0.1, 0.15) is 5.69 Å². The highest BCUT2D eigenvalue weighted by Gasteiger charge is 2.33. The molecule has 0 amide bonds. The zero-order valence-corrected chi connectivity index (χ0v) is 12.1. The van der Waals surface area contributed by atoms with E-state index in [1.807, 2.05) is 0 Å². The average molecular weight is 278 g/mol. The van der Waals surface area contributed by atoms with E-state index in [1.165, 1.54) is 0 Å². The van der Waals surface area contributed by atoms with Gasteiger partial charge in [-0.15, -0.1) is 0 Å². The van der Waals surface area contributed by atoms with Crippen LogP contribution < -0.4 is 5.32 Å². The van der Waals surface area contributed by atoms with E-state index < -0.39 is 5.60 Å². The maximum absolute atomic E-state index is 11.1. The van der Waals surface area contributed by atoms with Crippen molar-refractivity contribution in [1.29, 1.82) is 0 Å². The summed E-state index contributed by atoms with van der Waals surface area (Å²) in [6.07, 6.45) is 3.66. The van der Waals surface area contributed by atoms with Gasteiger partial charge in [0.25, 0.3) is 5.69 Å².